The van der Waals surface area contributed by atoms with Crippen molar-refractivity contribution >= 4 is 23.2 Å². The Balaban J connectivity index is 1.94. The lowest BCUT2D eigenvalue weighted by molar-refractivity contribution is -0.115. The number of ether oxygens (including phenoxy) is 1. The molecule has 6 nitrogen and oxygen atoms in total. The van der Waals surface area contributed by atoms with E-state index < -0.39 is 5.91 Å². The zero-order valence-electron chi connectivity index (χ0n) is 12.3. The monoisotopic (exact) mass is 307 g/mol. The number of hydrogen-bond donors (Lipinski definition) is 2. The Bertz CT molecular complexity index is 853. The maximum absolute atomic E-state index is 12.4. The van der Waals surface area contributed by atoms with Crippen molar-refractivity contribution in [3.8, 4) is 17.6 Å². The van der Waals surface area contributed by atoms with Gasteiger partial charge in [-0.15, -0.1) is 0 Å². The number of amides is 2. The lowest BCUT2D eigenvalue weighted by atomic mass is 10.1. The summed E-state index contributed by atoms with van der Waals surface area (Å²) in [6, 6.07) is 12.1. The van der Waals surface area contributed by atoms with Gasteiger partial charge in [0, 0.05) is 5.69 Å². The van der Waals surface area contributed by atoms with Crippen LogP contribution in [-0.4, -0.2) is 11.8 Å². The summed E-state index contributed by atoms with van der Waals surface area (Å²) in [4.78, 5) is 23.9. The molecule has 2 aromatic carbocycles. The topological polar surface area (TPSA) is 91.2 Å². The van der Waals surface area contributed by atoms with Gasteiger partial charge < -0.3 is 15.4 Å². The molecule has 0 aliphatic carbocycles. The number of rotatable bonds is 2. The summed E-state index contributed by atoms with van der Waals surface area (Å²) in [5.41, 5.74) is 2.35. The third-order valence-electron chi connectivity index (χ3n) is 3.35. The van der Waals surface area contributed by atoms with Crippen LogP contribution >= 0.6 is 0 Å². The van der Waals surface area contributed by atoms with Gasteiger partial charge in [-0.1, -0.05) is 6.07 Å². The van der Waals surface area contributed by atoms with E-state index in [0.29, 0.717) is 28.4 Å². The minimum absolute atomic E-state index is 0.246. The van der Waals surface area contributed by atoms with Crippen LogP contribution in [0.25, 0.3) is 0 Å². The van der Waals surface area contributed by atoms with Crippen molar-refractivity contribution in [3.05, 3.63) is 47.5 Å². The molecule has 2 N–H and O–H groups in total. The summed E-state index contributed by atoms with van der Waals surface area (Å²) >= 11 is 0. The molecule has 3 rings (SSSR count). The van der Waals surface area contributed by atoms with Crippen molar-refractivity contribution in [2.24, 2.45) is 0 Å². The molecule has 0 atom stereocenters. The van der Waals surface area contributed by atoms with E-state index in [0.717, 1.165) is 5.56 Å². The Morgan fingerprint density at radius 1 is 1.26 bits per heavy atom. The molecular formula is C17H13N3O3. The van der Waals surface area contributed by atoms with Crippen LogP contribution in [-0.2, 0) is 4.79 Å². The SMILES string of the molecule is Cc1ccc2c(c1)NC(=O)c1cc(NC(=O)CC#N)ccc1O2. The molecule has 1 heterocycles. The molecule has 0 radical (unpaired) electrons. The number of benzene rings is 2. The summed E-state index contributed by atoms with van der Waals surface area (Å²) in [5.74, 6) is 0.217. The zero-order valence-corrected chi connectivity index (χ0v) is 12.3. The van der Waals surface area contributed by atoms with E-state index in [4.69, 9.17) is 10.00 Å². The van der Waals surface area contributed by atoms with Gasteiger partial charge in [0.25, 0.3) is 5.91 Å². The molecule has 2 aromatic rings. The Labute approximate surface area is 132 Å². The summed E-state index contributed by atoms with van der Waals surface area (Å²) in [7, 11) is 0. The predicted molar refractivity (Wildman–Crippen MR) is 84.5 cm³/mol. The van der Waals surface area contributed by atoms with Crippen LogP contribution in [0.5, 0.6) is 11.5 Å². The van der Waals surface area contributed by atoms with Crippen LogP contribution in [0.3, 0.4) is 0 Å². The van der Waals surface area contributed by atoms with Gasteiger partial charge in [-0.25, -0.2) is 0 Å². The first-order chi connectivity index (χ1) is 11.1. The van der Waals surface area contributed by atoms with Gasteiger partial charge in [-0.05, 0) is 42.8 Å². The lowest BCUT2D eigenvalue weighted by Gasteiger charge is -2.09. The van der Waals surface area contributed by atoms with E-state index in [1.165, 1.54) is 6.07 Å². The van der Waals surface area contributed by atoms with Gasteiger partial charge in [-0.3, -0.25) is 9.59 Å². The molecule has 2 amide bonds. The Kier molecular flexibility index (Phi) is 3.69. The quantitative estimate of drug-likeness (QED) is 0.891. The van der Waals surface area contributed by atoms with Crippen molar-refractivity contribution in [2.75, 3.05) is 10.6 Å². The fraction of sp³-hybridized carbons (Fsp3) is 0.118. The summed E-state index contributed by atoms with van der Waals surface area (Å²) in [6.45, 7) is 1.92. The van der Waals surface area contributed by atoms with E-state index in [1.807, 2.05) is 19.1 Å². The second kappa shape index (κ2) is 5.81. The molecule has 0 fully saturated rings. The molecule has 0 bridgehead atoms. The number of anilines is 2. The Hall–Kier alpha value is -3.33. The van der Waals surface area contributed by atoms with Crippen LogP contribution < -0.4 is 15.4 Å². The number of aryl methyl sites for hydroxylation is 1. The fourth-order valence-corrected chi connectivity index (χ4v) is 2.29. The highest BCUT2D eigenvalue weighted by Crippen LogP contribution is 2.37. The first-order valence-electron chi connectivity index (χ1n) is 6.97. The Morgan fingerprint density at radius 2 is 2.04 bits per heavy atom. The maximum Gasteiger partial charge on any atom is 0.259 e. The van der Waals surface area contributed by atoms with E-state index in [1.54, 1.807) is 24.3 Å². The molecule has 0 spiro atoms. The van der Waals surface area contributed by atoms with Gasteiger partial charge in [0.15, 0.2) is 5.75 Å². The average molecular weight is 307 g/mol. The van der Waals surface area contributed by atoms with Gasteiger partial charge in [0.2, 0.25) is 5.91 Å². The molecule has 23 heavy (non-hydrogen) atoms. The highest BCUT2D eigenvalue weighted by Gasteiger charge is 2.21. The predicted octanol–water partition coefficient (Wildman–Crippen LogP) is 3.21. The minimum atomic E-state index is -0.429. The van der Waals surface area contributed by atoms with Crippen LogP contribution in [0.4, 0.5) is 11.4 Å². The van der Waals surface area contributed by atoms with Crippen molar-refractivity contribution in [3.63, 3.8) is 0 Å². The molecule has 114 valence electrons. The molecular weight excluding hydrogens is 294 g/mol. The summed E-state index contributed by atoms with van der Waals surface area (Å²) in [5, 5.41) is 13.9. The van der Waals surface area contributed by atoms with E-state index in [-0.39, 0.29) is 12.3 Å². The molecule has 0 unspecified atom stereocenters. The van der Waals surface area contributed by atoms with E-state index >= 15 is 0 Å². The van der Waals surface area contributed by atoms with Crippen LogP contribution in [0, 0.1) is 18.3 Å². The number of hydrogen-bond acceptors (Lipinski definition) is 4. The van der Waals surface area contributed by atoms with Crippen molar-refractivity contribution in [1.29, 1.82) is 5.26 Å². The van der Waals surface area contributed by atoms with Gasteiger partial charge in [0.1, 0.15) is 12.2 Å². The van der Waals surface area contributed by atoms with Crippen LogP contribution in [0.1, 0.15) is 22.3 Å². The number of nitriles is 1. The fourth-order valence-electron chi connectivity index (χ4n) is 2.29. The van der Waals surface area contributed by atoms with Gasteiger partial charge in [0.05, 0.1) is 17.3 Å². The standard InChI is InChI=1S/C17H13N3O3/c1-10-2-4-15-13(8-10)20-17(22)12-9-11(3-5-14(12)23-15)19-16(21)6-7-18/h2-5,8-9H,6H2,1H3,(H,19,21)(H,20,22). The molecule has 0 saturated heterocycles. The second-order valence-electron chi connectivity index (χ2n) is 5.15. The summed E-state index contributed by atoms with van der Waals surface area (Å²) in [6.07, 6.45) is -0.246. The minimum Gasteiger partial charge on any atom is -0.454 e. The molecule has 1 aliphatic heterocycles. The second-order valence-corrected chi connectivity index (χ2v) is 5.15. The smallest absolute Gasteiger partial charge is 0.259 e. The van der Waals surface area contributed by atoms with Crippen molar-refractivity contribution < 1.29 is 14.3 Å². The normalized spacial score (nSPS) is 11.9. The third kappa shape index (κ3) is 2.99. The maximum atomic E-state index is 12.4. The molecule has 6 heteroatoms. The van der Waals surface area contributed by atoms with E-state index in [2.05, 4.69) is 10.6 Å². The van der Waals surface area contributed by atoms with Crippen LogP contribution in [0.2, 0.25) is 0 Å². The first kappa shape index (κ1) is 14.6. The molecule has 1 aliphatic rings. The highest BCUT2D eigenvalue weighted by atomic mass is 16.5. The number of carbonyl (C=O) groups excluding carboxylic acids is 2. The number of nitrogens with zero attached hydrogens (tertiary/aromatic N) is 1. The van der Waals surface area contributed by atoms with Gasteiger partial charge >= 0.3 is 0 Å². The van der Waals surface area contributed by atoms with Crippen LogP contribution in [0.15, 0.2) is 36.4 Å². The van der Waals surface area contributed by atoms with Crippen molar-refractivity contribution in [2.45, 2.75) is 13.3 Å². The number of carbonyl (C=O) groups is 2. The third-order valence-corrected chi connectivity index (χ3v) is 3.35. The van der Waals surface area contributed by atoms with E-state index in [9.17, 15) is 9.59 Å². The summed E-state index contributed by atoms with van der Waals surface area (Å²) < 4.78 is 5.79. The largest absolute Gasteiger partial charge is 0.454 e. The van der Waals surface area contributed by atoms with Gasteiger partial charge in [-0.2, -0.15) is 5.26 Å². The average Bonchev–Trinajstić information content (AvgIpc) is 2.63. The number of nitrogens with one attached hydrogen (secondary N) is 2. The van der Waals surface area contributed by atoms with Crippen molar-refractivity contribution in [1.82, 2.24) is 0 Å². The Morgan fingerprint density at radius 3 is 2.83 bits per heavy atom. The zero-order chi connectivity index (χ0) is 16.4. The lowest BCUT2D eigenvalue weighted by Crippen LogP contribution is -2.13. The first-order valence-corrected chi connectivity index (χ1v) is 6.97. The molecule has 0 aromatic heterocycles. The highest BCUT2D eigenvalue weighted by molar-refractivity contribution is 6.09. The number of fused-ring (bicyclic) bond motifs is 2. The molecule has 0 saturated carbocycles.